The van der Waals surface area contributed by atoms with Crippen molar-refractivity contribution < 1.29 is 9.53 Å². The van der Waals surface area contributed by atoms with E-state index in [2.05, 4.69) is 37.0 Å². The third-order valence-corrected chi connectivity index (χ3v) is 2.00. The van der Waals surface area contributed by atoms with Crippen LogP contribution in [0.15, 0.2) is 12.7 Å². The first-order valence-corrected chi connectivity index (χ1v) is 4.69. The van der Waals surface area contributed by atoms with Gasteiger partial charge >= 0.3 is 5.97 Å². The number of carbonyl (C=O) groups excluding carboxylic acids is 1. The van der Waals surface area contributed by atoms with E-state index in [0.29, 0.717) is 0 Å². The van der Waals surface area contributed by atoms with Gasteiger partial charge in [0, 0.05) is 12.3 Å². The molecule has 78 valence electrons. The largest absolute Gasteiger partial charge is 0.459 e. The van der Waals surface area contributed by atoms with Gasteiger partial charge in [-0.15, -0.1) is 6.58 Å². The standard InChI is InChI=1S/C12H18O2/c1-5-9-12(2,3)10-7-6-8-11(13)14-4/h5H,1,7,9-10H2,2-4H3. The van der Waals surface area contributed by atoms with Crippen molar-refractivity contribution in [3.8, 4) is 11.8 Å². The van der Waals surface area contributed by atoms with Crippen LogP contribution in [0.25, 0.3) is 0 Å². The summed E-state index contributed by atoms with van der Waals surface area (Å²) in [6.45, 7) is 8.03. The summed E-state index contributed by atoms with van der Waals surface area (Å²) < 4.78 is 4.40. The molecule has 0 aliphatic carbocycles. The van der Waals surface area contributed by atoms with Crippen molar-refractivity contribution in [2.24, 2.45) is 5.41 Å². The van der Waals surface area contributed by atoms with Gasteiger partial charge in [-0.25, -0.2) is 4.79 Å². The number of allylic oxidation sites excluding steroid dienone is 1. The molecule has 0 bridgehead atoms. The maximum atomic E-state index is 10.7. The molecule has 0 aromatic heterocycles. The van der Waals surface area contributed by atoms with E-state index in [1.165, 1.54) is 7.11 Å². The molecule has 14 heavy (non-hydrogen) atoms. The average Bonchev–Trinajstić information content (AvgIpc) is 2.12. The Labute approximate surface area is 86.3 Å². The van der Waals surface area contributed by atoms with Crippen molar-refractivity contribution in [3.63, 3.8) is 0 Å². The number of rotatable bonds is 4. The fraction of sp³-hybridized carbons (Fsp3) is 0.583. The highest BCUT2D eigenvalue weighted by molar-refractivity contribution is 5.88. The minimum Gasteiger partial charge on any atom is -0.459 e. The van der Waals surface area contributed by atoms with Gasteiger partial charge in [0.1, 0.15) is 0 Å². The molecule has 0 amide bonds. The highest BCUT2D eigenvalue weighted by Gasteiger charge is 2.14. The molecule has 0 aliphatic rings. The predicted octanol–water partition coefficient (Wildman–Crippen LogP) is 2.55. The second-order valence-electron chi connectivity index (χ2n) is 3.95. The molecular weight excluding hydrogens is 176 g/mol. The lowest BCUT2D eigenvalue weighted by Crippen LogP contribution is -2.09. The Hall–Kier alpha value is -1.23. The summed E-state index contributed by atoms with van der Waals surface area (Å²) in [7, 11) is 1.33. The quantitative estimate of drug-likeness (QED) is 0.297. The molecule has 0 fully saturated rings. The summed E-state index contributed by atoms with van der Waals surface area (Å²) in [5.41, 5.74) is 0.215. The van der Waals surface area contributed by atoms with E-state index in [0.717, 1.165) is 19.3 Å². The van der Waals surface area contributed by atoms with Gasteiger partial charge in [0.2, 0.25) is 0 Å². The molecular formula is C12H18O2. The van der Waals surface area contributed by atoms with E-state index in [-0.39, 0.29) is 5.41 Å². The van der Waals surface area contributed by atoms with Crippen LogP contribution in [0.1, 0.15) is 33.1 Å². The van der Waals surface area contributed by atoms with E-state index >= 15 is 0 Å². The molecule has 0 N–H and O–H groups in total. The lowest BCUT2D eigenvalue weighted by molar-refractivity contribution is -0.133. The molecule has 0 aromatic carbocycles. The summed E-state index contributed by atoms with van der Waals surface area (Å²) in [5.74, 6) is 4.74. The summed E-state index contributed by atoms with van der Waals surface area (Å²) in [6, 6.07) is 0. The van der Waals surface area contributed by atoms with Crippen LogP contribution in [0, 0.1) is 17.3 Å². The van der Waals surface area contributed by atoms with E-state index in [1.54, 1.807) is 0 Å². The predicted molar refractivity (Wildman–Crippen MR) is 57.6 cm³/mol. The molecule has 2 heteroatoms. The van der Waals surface area contributed by atoms with Crippen molar-refractivity contribution in [1.29, 1.82) is 0 Å². The Balaban J connectivity index is 3.86. The minimum atomic E-state index is -0.466. The summed E-state index contributed by atoms with van der Waals surface area (Å²) in [5, 5.41) is 0. The molecule has 0 unspecified atom stereocenters. The van der Waals surface area contributed by atoms with Gasteiger partial charge < -0.3 is 4.74 Å². The Bertz CT molecular complexity index is 253. The minimum absolute atomic E-state index is 0.215. The third-order valence-electron chi connectivity index (χ3n) is 2.00. The fourth-order valence-corrected chi connectivity index (χ4v) is 1.08. The van der Waals surface area contributed by atoms with Crippen molar-refractivity contribution in [1.82, 2.24) is 0 Å². The summed E-state index contributed by atoms with van der Waals surface area (Å²) in [4.78, 5) is 10.7. The molecule has 0 saturated heterocycles. The van der Waals surface area contributed by atoms with Gasteiger partial charge in [-0.2, -0.15) is 0 Å². The van der Waals surface area contributed by atoms with E-state index in [4.69, 9.17) is 0 Å². The Morgan fingerprint density at radius 2 is 2.21 bits per heavy atom. The average molecular weight is 194 g/mol. The molecule has 0 spiro atoms. The van der Waals surface area contributed by atoms with Crippen LogP contribution in [-0.4, -0.2) is 13.1 Å². The maximum absolute atomic E-state index is 10.7. The first-order valence-electron chi connectivity index (χ1n) is 4.69. The van der Waals surface area contributed by atoms with Crippen LogP contribution >= 0.6 is 0 Å². The van der Waals surface area contributed by atoms with Crippen molar-refractivity contribution in [2.45, 2.75) is 33.1 Å². The van der Waals surface area contributed by atoms with Crippen LogP contribution in [0.3, 0.4) is 0 Å². The molecule has 0 saturated carbocycles. The number of hydrogen-bond acceptors (Lipinski definition) is 2. The lowest BCUT2D eigenvalue weighted by atomic mass is 9.84. The molecule has 0 aliphatic heterocycles. The molecule has 0 radical (unpaired) electrons. The molecule has 2 nitrogen and oxygen atoms in total. The van der Waals surface area contributed by atoms with Gasteiger partial charge in [-0.1, -0.05) is 25.8 Å². The van der Waals surface area contributed by atoms with E-state index < -0.39 is 5.97 Å². The molecule has 0 atom stereocenters. The maximum Gasteiger partial charge on any atom is 0.384 e. The van der Waals surface area contributed by atoms with Crippen molar-refractivity contribution in [2.75, 3.05) is 7.11 Å². The van der Waals surface area contributed by atoms with E-state index in [1.807, 2.05) is 6.08 Å². The normalized spacial score (nSPS) is 9.93. The van der Waals surface area contributed by atoms with Gasteiger partial charge in [0.25, 0.3) is 0 Å². The van der Waals surface area contributed by atoms with Gasteiger partial charge in [-0.3, -0.25) is 0 Å². The number of hydrogen-bond donors (Lipinski definition) is 0. The summed E-state index contributed by atoms with van der Waals surface area (Å²) in [6.07, 6.45) is 4.56. The number of ether oxygens (including phenoxy) is 1. The summed E-state index contributed by atoms with van der Waals surface area (Å²) >= 11 is 0. The fourth-order valence-electron chi connectivity index (χ4n) is 1.08. The number of esters is 1. The second kappa shape index (κ2) is 6.26. The highest BCUT2D eigenvalue weighted by atomic mass is 16.5. The first kappa shape index (κ1) is 12.8. The monoisotopic (exact) mass is 194 g/mol. The second-order valence-corrected chi connectivity index (χ2v) is 3.95. The zero-order valence-electron chi connectivity index (χ0n) is 9.22. The Kier molecular flexibility index (Phi) is 5.71. The van der Waals surface area contributed by atoms with Gasteiger partial charge in [0.15, 0.2) is 0 Å². The van der Waals surface area contributed by atoms with Crippen molar-refractivity contribution in [3.05, 3.63) is 12.7 Å². The van der Waals surface area contributed by atoms with Crippen LogP contribution in [0.4, 0.5) is 0 Å². The van der Waals surface area contributed by atoms with Crippen LogP contribution < -0.4 is 0 Å². The first-order chi connectivity index (χ1) is 6.52. The lowest BCUT2D eigenvalue weighted by Gasteiger charge is -2.20. The molecule has 0 rings (SSSR count). The molecule has 0 heterocycles. The van der Waals surface area contributed by atoms with Crippen LogP contribution in [-0.2, 0) is 9.53 Å². The third kappa shape index (κ3) is 6.30. The highest BCUT2D eigenvalue weighted by Crippen LogP contribution is 2.26. The van der Waals surface area contributed by atoms with Gasteiger partial charge in [-0.05, 0) is 18.3 Å². The zero-order valence-corrected chi connectivity index (χ0v) is 9.22. The van der Waals surface area contributed by atoms with E-state index in [9.17, 15) is 4.79 Å². The Morgan fingerprint density at radius 1 is 1.57 bits per heavy atom. The van der Waals surface area contributed by atoms with Crippen molar-refractivity contribution >= 4 is 5.97 Å². The van der Waals surface area contributed by atoms with Crippen LogP contribution in [0.5, 0.6) is 0 Å². The van der Waals surface area contributed by atoms with Crippen LogP contribution in [0.2, 0.25) is 0 Å². The number of carbonyl (C=O) groups is 1. The Morgan fingerprint density at radius 3 is 2.71 bits per heavy atom. The topological polar surface area (TPSA) is 26.3 Å². The smallest absolute Gasteiger partial charge is 0.384 e. The zero-order chi connectivity index (χ0) is 11.0. The van der Waals surface area contributed by atoms with Gasteiger partial charge in [0.05, 0.1) is 7.11 Å². The molecule has 0 aromatic rings. The SMILES string of the molecule is C=CCC(C)(C)CCC#CC(=O)OC. The number of methoxy groups -OCH3 is 1.